The molecule has 0 aliphatic heterocycles. The van der Waals surface area contributed by atoms with Crippen LogP contribution in [0.5, 0.6) is 0 Å². The number of hydrogen-bond acceptors (Lipinski definition) is 5. The van der Waals surface area contributed by atoms with Crippen LogP contribution >= 0.6 is 11.9 Å². The third-order valence-corrected chi connectivity index (χ3v) is 7.19. The SMILES string of the molecule is CO[C@@H](CC(=O)N(Cc1nccn1C)c1ccc2c(c1)CCC2)c1ccccc1.NSc1cccc(F)c1. The van der Waals surface area contributed by atoms with Crippen molar-refractivity contribution in [2.75, 3.05) is 12.0 Å². The maximum absolute atomic E-state index is 13.4. The van der Waals surface area contributed by atoms with Crippen LogP contribution < -0.4 is 10.0 Å². The number of aryl methyl sites for hydroxylation is 3. The Morgan fingerprint density at radius 1 is 1.11 bits per heavy atom. The van der Waals surface area contributed by atoms with Gasteiger partial charge < -0.3 is 14.2 Å². The van der Waals surface area contributed by atoms with E-state index in [1.165, 1.54) is 29.7 Å². The number of anilines is 1. The lowest BCUT2D eigenvalue weighted by Crippen LogP contribution is -2.33. The van der Waals surface area contributed by atoms with E-state index in [1.807, 2.05) is 53.0 Å². The summed E-state index contributed by atoms with van der Waals surface area (Å²) in [6.07, 6.45) is 7.07. The Morgan fingerprint density at radius 2 is 1.89 bits per heavy atom. The van der Waals surface area contributed by atoms with Crippen molar-refractivity contribution in [3.63, 3.8) is 0 Å². The Morgan fingerprint density at radius 3 is 2.55 bits per heavy atom. The van der Waals surface area contributed by atoms with Gasteiger partial charge in [0.15, 0.2) is 0 Å². The Bertz CT molecular complexity index is 1350. The molecule has 1 aromatic heterocycles. The molecule has 0 radical (unpaired) electrons. The van der Waals surface area contributed by atoms with Gasteiger partial charge in [-0.1, -0.05) is 42.5 Å². The van der Waals surface area contributed by atoms with Gasteiger partial charge in [0.2, 0.25) is 5.91 Å². The summed E-state index contributed by atoms with van der Waals surface area (Å²) < 4.78 is 19.9. The monoisotopic (exact) mass is 532 g/mol. The van der Waals surface area contributed by atoms with E-state index in [-0.39, 0.29) is 24.2 Å². The highest BCUT2D eigenvalue weighted by Gasteiger charge is 2.24. The molecular weight excluding hydrogens is 499 g/mol. The van der Waals surface area contributed by atoms with E-state index in [0.717, 1.165) is 46.8 Å². The molecule has 38 heavy (non-hydrogen) atoms. The molecule has 0 saturated heterocycles. The number of nitrogens with two attached hydrogens (primary N) is 1. The third-order valence-electron chi connectivity index (χ3n) is 6.66. The van der Waals surface area contributed by atoms with E-state index in [2.05, 4.69) is 23.2 Å². The number of hydrogen-bond donors (Lipinski definition) is 1. The molecule has 0 bridgehead atoms. The van der Waals surface area contributed by atoms with Gasteiger partial charge in [-0.05, 0) is 78.2 Å². The molecule has 5 rings (SSSR count). The fourth-order valence-electron chi connectivity index (χ4n) is 4.55. The number of amides is 1. The number of benzene rings is 3. The number of aromatic nitrogens is 2. The predicted molar refractivity (Wildman–Crippen MR) is 150 cm³/mol. The first-order valence-corrected chi connectivity index (χ1v) is 13.4. The van der Waals surface area contributed by atoms with Crippen molar-refractivity contribution >= 4 is 23.5 Å². The molecule has 0 fully saturated rings. The molecule has 0 spiro atoms. The minimum atomic E-state index is -0.276. The molecule has 0 saturated carbocycles. The van der Waals surface area contributed by atoms with Crippen molar-refractivity contribution in [2.45, 2.75) is 43.2 Å². The van der Waals surface area contributed by atoms with Crippen LogP contribution in [-0.2, 0) is 36.0 Å². The Hall–Kier alpha value is -3.46. The van der Waals surface area contributed by atoms with E-state index in [1.54, 1.807) is 25.4 Å². The van der Waals surface area contributed by atoms with Crippen molar-refractivity contribution < 1.29 is 13.9 Å². The molecular formula is C30H33FN4O2S. The topological polar surface area (TPSA) is 73.4 Å². The van der Waals surface area contributed by atoms with Crippen LogP contribution in [0.25, 0.3) is 0 Å². The normalized spacial score (nSPS) is 12.8. The first-order chi connectivity index (χ1) is 18.5. The van der Waals surface area contributed by atoms with E-state index >= 15 is 0 Å². The van der Waals surface area contributed by atoms with Gasteiger partial charge in [0.1, 0.15) is 11.6 Å². The average Bonchev–Trinajstić information content (AvgIpc) is 3.59. The summed E-state index contributed by atoms with van der Waals surface area (Å²) in [5.41, 5.74) is 4.69. The van der Waals surface area contributed by atoms with Crippen LogP contribution in [0.3, 0.4) is 0 Å². The van der Waals surface area contributed by atoms with E-state index in [9.17, 15) is 9.18 Å². The third kappa shape index (κ3) is 7.10. The number of methoxy groups -OCH3 is 1. The summed E-state index contributed by atoms with van der Waals surface area (Å²) in [5.74, 6) is 0.639. The number of ether oxygens (including phenoxy) is 1. The number of carbonyl (C=O) groups excluding carboxylic acids is 1. The van der Waals surface area contributed by atoms with E-state index in [4.69, 9.17) is 9.88 Å². The van der Waals surface area contributed by atoms with E-state index in [0.29, 0.717) is 6.54 Å². The molecule has 198 valence electrons. The molecule has 1 aliphatic rings. The van der Waals surface area contributed by atoms with Crippen molar-refractivity contribution in [1.29, 1.82) is 0 Å². The van der Waals surface area contributed by atoms with Gasteiger partial charge in [-0.3, -0.25) is 9.93 Å². The van der Waals surface area contributed by atoms with Crippen molar-refractivity contribution in [1.82, 2.24) is 9.55 Å². The summed E-state index contributed by atoms with van der Waals surface area (Å²) >= 11 is 1.04. The number of nitrogens with zero attached hydrogens (tertiary/aromatic N) is 3. The Labute approximate surface area is 227 Å². The highest BCUT2D eigenvalue weighted by Crippen LogP contribution is 2.29. The van der Waals surface area contributed by atoms with Crippen LogP contribution in [0.1, 0.15) is 41.5 Å². The maximum Gasteiger partial charge on any atom is 0.230 e. The number of halogens is 1. The van der Waals surface area contributed by atoms with Crippen molar-refractivity contribution in [3.05, 3.63) is 114 Å². The van der Waals surface area contributed by atoms with Gasteiger partial charge in [-0.25, -0.2) is 9.37 Å². The largest absolute Gasteiger partial charge is 0.376 e. The molecule has 1 aliphatic carbocycles. The summed E-state index contributed by atoms with van der Waals surface area (Å²) in [6, 6.07) is 22.5. The smallest absolute Gasteiger partial charge is 0.230 e. The zero-order valence-corrected chi connectivity index (χ0v) is 22.5. The zero-order chi connectivity index (χ0) is 26.9. The van der Waals surface area contributed by atoms with Gasteiger partial charge in [0.25, 0.3) is 0 Å². The molecule has 0 unspecified atom stereocenters. The van der Waals surface area contributed by atoms with Gasteiger partial charge in [0.05, 0.1) is 19.1 Å². The minimum Gasteiger partial charge on any atom is -0.376 e. The first kappa shape index (κ1) is 27.6. The standard InChI is InChI=1S/C24H27N3O2.C6H6FNS/c1-26-14-13-25-23(26)17-27(21-12-11-18-9-6-10-20(18)15-21)24(28)16-22(29-2)19-7-4-3-5-8-19;7-5-2-1-3-6(4-5)9-8/h3-5,7-8,11-15,22H,6,9-10,16-17H2,1-2H3;1-4H,8H2/t22-;/m0./s1. The van der Waals surface area contributed by atoms with Crippen molar-refractivity contribution in [2.24, 2.45) is 12.2 Å². The molecule has 1 heterocycles. The summed E-state index contributed by atoms with van der Waals surface area (Å²) in [4.78, 5) is 20.5. The predicted octanol–water partition coefficient (Wildman–Crippen LogP) is 6.01. The summed E-state index contributed by atoms with van der Waals surface area (Å²) in [6.45, 7) is 0.437. The number of fused-ring (bicyclic) bond motifs is 1. The lowest BCUT2D eigenvalue weighted by atomic mass is 10.0. The van der Waals surface area contributed by atoms with Gasteiger partial charge in [0, 0.05) is 37.1 Å². The first-order valence-electron chi connectivity index (χ1n) is 12.6. The number of carbonyl (C=O) groups is 1. The molecule has 4 aromatic rings. The minimum absolute atomic E-state index is 0.0293. The Balaban J connectivity index is 0.000000317. The highest BCUT2D eigenvalue weighted by molar-refractivity contribution is 7.97. The zero-order valence-electron chi connectivity index (χ0n) is 21.7. The van der Waals surface area contributed by atoms with Crippen LogP contribution in [0.15, 0.2) is 90.1 Å². The molecule has 1 amide bonds. The molecule has 2 N–H and O–H groups in total. The molecule has 8 heteroatoms. The second-order valence-electron chi connectivity index (χ2n) is 9.16. The van der Waals surface area contributed by atoms with Crippen LogP contribution in [0, 0.1) is 5.82 Å². The highest BCUT2D eigenvalue weighted by atomic mass is 32.2. The number of rotatable bonds is 8. The molecule has 3 aromatic carbocycles. The van der Waals surface area contributed by atoms with Crippen molar-refractivity contribution in [3.8, 4) is 0 Å². The fraction of sp³-hybridized carbons (Fsp3) is 0.267. The quantitative estimate of drug-likeness (QED) is 0.281. The molecule has 6 nitrogen and oxygen atoms in total. The van der Waals surface area contributed by atoms with E-state index < -0.39 is 0 Å². The summed E-state index contributed by atoms with van der Waals surface area (Å²) in [5, 5.41) is 5.17. The van der Waals surface area contributed by atoms with Gasteiger partial charge in [-0.2, -0.15) is 0 Å². The van der Waals surface area contributed by atoms with Gasteiger partial charge in [-0.15, -0.1) is 0 Å². The van der Waals surface area contributed by atoms with Crippen LogP contribution in [0.2, 0.25) is 0 Å². The number of imidazole rings is 1. The lowest BCUT2D eigenvalue weighted by molar-refractivity contribution is -0.121. The lowest BCUT2D eigenvalue weighted by Gasteiger charge is -2.25. The van der Waals surface area contributed by atoms with Crippen LogP contribution in [0.4, 0.5) is 10.1 Å². The maximum atomic E-state index is 13.4. The van der Waals surface area contributed by atoms with Gasteiger partial charge >= 0.3 is 0 Å². The summed E-state index contributed by atoms with van der Waals surface area (Å²) in [7, 11) is 3.61. The van der Waals surface area contributed by atoms with Crippen LogP contribution in [-0.4, -0.2) is 22.6 Å². The average molecular weight is 533 g/mol. The Kier molecular flexibility index (Phi) is 9.70. The second-order valence-corrected chi connectivity index (χ2v) is 9.86. The second kappa shape index (κ2) is 13.4. The molecule has 1 atom stereocenters. The fourth-order valence-corrected chi connectivity index (χ4v) is 4.89.